The number of carbonyl (C=O) groups is 2. The molecule has 1 aromatic heterocycles. The van der Waals surface area contributed by atoms with E-state index in [1.807, 2.05) is 44.2 Å². The highest BCUT2D eigenvalue weighted by molar-refractivity contribution is 5.77. The summed E-state index contributed by atoms with van der Waals surface area (Å²) in [5, 5.41) is 7.38. The van der Waals surface area contributed by atoms with Gasteiger partial charge in [0, 0.05) is 12.1 Å². The van der Waals surface area contributed by atoms with E-state index < -0.39 is 23.8 Å². The maximum atomic E-state index is 13.0. The first kappa shape index (κ1) is 20.7. The number of nitrogens with one attached hydrogen (secondary N) is 1. The number of nitrogens with two attached hydrogens (primary N) is 1. The molecule has 1 aliphatic heterocycles. The first-order chi connectivity index (χ1) is 13.8. The molecule has 0 radical (unpaired) electrons. The Morgan fingerprint density at radius 2 is 1.97 bits per heavy atom. The van der Waals surface area contributed by atoms with E-state index in [9.17, 15) is 9.59 Å². The summed E-state index contributed by atoms with van der Waals surface area (Å²) in [5.41, 5.74) is 7.42. The summed E-state index contributed by atoms with van der Waals surface area (Å²) in [6.45, 7) is 6.30. The predicted molar refractivity (Wildman–Crippen MR) is 107 cm³/mol. The van der Waals surface area contributed by atoms with Crippen molar-refractivity contribution in [3.63, 3.8) is 0 Å². The van der Waals surface area contributed by atoms with Crippen LogP contribution in [-0.2, 0) is 21.6 Å². The van der Waals surface area contributed by atoms with Crippen molar-refractivity contribution in [1.29, 1.82) is 0 Å². The molecule has 0 bridgehead atoms. The lowest BCUT2D eigenvalue weighted by atomic mass is 10.0. The lowest BCUT2D eigenvalue weighted by Crippen LogP contribution is -2.42. The van der Waals surface area contributed by atoms with Crippen LogP contribution < -0.4 is 11.1 Å². The van der Waals surface area contributed by atoms with Crippen LogP contribution in [0.3, 0.4) is 0 Å². The average Bonchev–Trinajstić information content (AvgIpc) is 3.16. The zero-order valence-corrected chi connectivity index (χ0v) is 17.1. The first-order valence-corrected chi connectivity index (χ1v) is 9.54. The smallest absolute Gasteiger partial charge is 0.436 e. The summed E-state index contributed by atoms with van der Waals surface area (Å²) < 4.78 is 11.8. The Hall–Kier alpha value is -3.07. The van der Waals surface area contributed by atoms with Crippen molar-refractivity contribution in [1.82, 2.24) is 20.0 Å². The van der Waals surface area contributed by atoms with Crippen LogP contribution in [0.15, 0.2) is 30.3 Å². The van der Waals surface area contributed by atoms with Gasteiger partial charge in [0.1, 0.15) is 11.9 Å². The molecule has 29 heavy (non-hydrogen) atoms. The minimum Gasteiger partial charge on any atom is -0.448 e. The molecule has 0 unspecified atom stereocenters. The van der Waals surface area contributed by atoms with Crippen molar-refractivity contribution in [2.75, 3.05) is 25.9 Å². The van der Waals surface area contributed by atoms with Crippen molar-refractivity contribution >= 4 is 18.0 Å². The van der Waals surface area contributed by atoms with E-state index in [4.69, 9.17) is 15.2 Å². The van der Waals surface area contributed by atoms with Crippen LogP contribution in [0.25, 0.3) is 0 Å². The highest BCUT2D eigenvalue weighted by Gasteiger charge is 2.46. The molecule has 0 saturated heterocycles. The largest absolute Gasteiger partial charge is 0.448 e. The highest BCUT2D eigenvalue weighted by Crippen LogP contribution is 2.41. The van der Waals surface area contributed by atoms with Crippen LogP contribution in [0.4, 0.5) is 15.4 Å². The third-order valence-electron chi connectivity index (χ3n) is 5.06. The van der Waals surface area contributed by atoms with Gasteiger partial charge in [-0.15, -0.1) is 4.68 Å². The van der Waals surface area contributed by atoms with E-state index in [1.165, 1.54) is 0 Å². The van der Waals surface area contributed by atoms with Crippen LogP contribution in [0.5, 0.6) is 0 Å². The summed E-state index contributed by atoms with van der Waals surface area (Å²) in [6.07, 6.45) is -1.55. The third-order valence-corrected chi connectivity index (χ3v) is 5.06. The standard InChI is InChI=1S/C20H27N5O4/c1-5-28-19(27)25-17(21)14-12-24(20(2,3)16(14)23-25)18(26)29-15(11-22-4)13-9-7-6-8-10-13/h6-10,15,22H,5,11-12,21H2,1-4H3/t15-/m1/s1. The van der Waals surface area contributed by atoms with Gasteiger partial charge in [0.15, 0.2) is 0 Å². The molecule has 1 aromatic carbocycles. The van der Waals surface area contributed by atoms with Gasteiger partial charge < -0.3 is 20.5 Å². The van der Waals surface area contributed by atoms with Gasteiger partial charge in [-0.3, -0.25) is 4.90 Å². The summed E-state index contributed by atoms with van der Waals surface area (Å²) in [6, 6.07) is 9.55. The molecule has 1 aliphatic rings. The monoisotopic (exact) mass is 401 g/mol. The molecule has 0 saturated carbocycles. The van der Waals surface area contributed by atoms with Crippen molar-refractivity contribution in [2.24, 2.45) is 0 Å². The van der Waals surface area contributed by atoms with E-state index in [1.54, 1.807) is 18.9 Å². The Morgan fingerprint density at radius 1 is 1.28 bits per heavy atom. The fraction of sp³-hybridized carbons (Fsp3) is 0.450. The lowest BCUT2D eigenvalue weighted by Gasteiger charge is -2.32. The van der Waals surface area contributed by atoms with Gasteiger partial charge in [-0.1, -0.05) is 30.3 Å². The Bertz CT molecular complexity index is 894. The van der Waals surface area contributed by atoms with Crippen LogP contribution in [0.1, 0.15) is 43.7 Å². The molecule has 9 nitrogen and oxygen atoms in total. The van der Waals surface area contributed by atoms with Crippen LogP contribution in [-0.4, -0.2) is 47.1 Å². The Kier molecular flexibility index (Phi) is 5.78. The second kappa shape index (κ2) is 8.12. The van der Waals surface area contributed by atoms with Gasteiger partial charge in [0.05, 0.1) is 24.4 Å². The normalized spacial score (nSPS) is 15.7. The fourth-order valence-corrected chi connectivity index (χ4v) is 3.48. The van der Waals surface area contributed by atoms with Crippen molar-refractivity contribution in [3.05, 3.63) is 47.2 Å². The van der Waals surface area contributed by atoms with Crippen molar-refractivity contribution < 1.29 is 19.1 Å². The molecule has 9 heteroatoms. The molecule has 0 fully saturated rings. The van der Waals surface area contributed by atoms with Crippen molar-refractivity contribution in [2.45, 2.75) is 39.0 Å². The van der Waals surface area contributed by atoms with Crippen LogP contribution in [0.2, 0.25) is 0 Å². The maximum Gasteiger partial charge on any atom is 0.436 e. The summed E-state index contributed by atoms with van der Waals surface area (Å²) in [7, 11) is 1.80. The summed E-state index contributed by atoms with van der Waals surface area (Å²) in [4.78, 5) is 26.7. The SMILES string of the molecule is CCOC(=O)n1nc2c(c1N)CN(C(=O)O[C@H](CNC)c1ccccc1)C2(C)C. The second-order valence-corrected chi connectivity index (χ2v) is 7.31. The van der Waals surface area contributed by atoms with Gasteiger partial charge >= 0.3 is 12.2 Å². The Labute approximate surface area is 169 Å². The quantitative estimate of drug-likeness (QED) is 0.792. The Balaban J connectivity index is 1.82. The molecular formula is C20H27N5O4. The zero-order chi connectivity index (χ0) is 21.2. The number of carbonyl (C=O) groups excluding carboxylic acids is 2. The predicted octanol–water partition coefficient (Wildman–Crippen LogP) is 2.62. The summed E-state index contributed by atoms with van der Waals surface area (Å²) in [5.74, 6) is 0.177. The van der Waals surface area contributed by atoms with E-state index in [0.717, 1.165) is 10.2 Å². The van der Waals surface area contributed by atoms with E-state index in [2.05, 4.69) is 10.4 Å². The molecule has 2 heterocycles. The molecule has 1 atom stereocenters. The first-order valence-electron chi connectivity index (χ1n) is 9.54. The van der Waals surface area contributed by atoms with Gasteiger partial charge in [-0.05, 0) is 33.4 Å². The van der Waals surface area contributed by atoms with Crippen molar-refractivity contribution in [3.8, 4) is 0 Å². The zero-order valence-electron chi connectivity index (χ0n) is 17.1. The number of nitrogens with zero attached hydrogens (tertiary/aromatic N) is 3. The highest BCUT2D eigenvalue weighted by atomic mass is 16.6. The number of likely N-dealkylation sites (N-methyl/N-ethyl adjacent to an activating group) is 1. The molecule has 3 N–H and O–H groups in total. The number of anilines is 1. The minimum absolute atomic E-state index is 0.177. The van der Waals surface area contributed by atoms with Crippen LogP contribution >= 0.6 is 0 Å². The molecule has 1 amide bonds. The number of aromatic nitrogens is 2. The molecule has 156 valence electrons. The number of rotatable bonds is 5. The van der Waals surface area contributed by atoms with Crippen LogP contribution in [0, 0.1) is 0 Å². The van der Waals surface area contributed by atoms with Gasteiger partial charge in [0.25, 0.3) is 0 Å². The second-order valence-electron chi connectivity index (χ2n) is 7.31. The lowest BCUT2D eigenvalue weighted by molar-refractivity contribution is 0.0347. The topological polar surface area (TPSA) is 112 Å². The fourth-order valence-electron chi connectivity index (χ4n) is 3.48. The molecule has 2 aromatic rings. The number of benzene rings is 1. The molecular weight excluding hydrogens is 374 g/mol. The number of nitrogen functional groups attached to an aromatic ring is 1. The number of fused-ring (bicyclic) bond motifs is 1. The molecule has 0 spiro atoms. The summed E-state index contributed by atoms with van der Waals surface area (Å²) >= 11 is 0. The number of hydrogen-bond donors (Lipinski definition) is 2. The minimum atomic E-state index is -0.792. The van der Waals surface area contributed by atoms with E-state index >= 15 is 0 Å². The third kappa shape index (κ3) is 3.77. The number of hydrogen-bond acceptors (Lipinski definition) is 7. The van der Waals surface area contributed by atoms with E-state index in [0.29, 0.717) is 17.8 Å². The Morgan fingerprint density at radius 3 is 2.55 bits per heavy atom. The molecule has 3 rings (SSSR count). The number of amides is 1. The molecule has 0 aliphatic carbocycles. The average molecular weight is 401 g/mol. The van der Waals surface area contributed by atoms with Gasteiger partial charge in [0.2, 0.25) is 0 Å². The van der Waals surface area contributed by atoms with Gasteiger partial charge in [-0.2, -0.15) is 5.10 Å². The number of ether oxygens (including phenoxy) is 2. The van der Waals surface area contributed by atoms with E-state index in [-0.39, 0.29) is 19.0 Å². The maximum absolute atomic E-state index is 13.0. The van der Waals surface area contributed by atoms with Gasteiger partial charge in [-0.25, -0.2) is 9.59 Å².